The van der Waals surface area contributed by atoms with E-state index in [2.05, 4.69) is 9.97 Å². The van der Waals surface area contributed by atoms with Crippen molar-refractivity contribution in [3.63, 3.8) is 0 Å². The van der Waals surface area contributed by atoms with Crippen LogP contribution in [0.2, 0.25) is 0 Å². The Hall–Kier alpha value is -1.72. The number of aromatic nitrogens is 3. The van der Waals surface area contributed by atoms with Gasteiger partial charge >= 0.3 is 0 Å². The Morgan fingerprint density at radius 3 is 2.81 bits per heavy atom. The Bertz CT molecular complexity index is 853. The summed E-state index contributed by atoms with van der Waals surface area (Å²) in [5, 5.41) is 0.274. The molecule has 4 nitrogen and oxygen atoms in total. The third-order valence-electron chi connectivity index (χ3n) is 3.39. The van der Waals surface area contributed by atoms with E-state index in [0.29, 0.717) is 23.3 Å². The van der Waals surface area contributed by atoms with Gasteiger partial charge in [-0.25, -0.2) is 9.97 Å². The predicted octanol–water partition coefficient (Wildman–Crippen LogP) is 3.51. The zero-order valence-electron chi connectivity index (χ0n) is 11.7. The van der Waals surface area contributed by atoms with E-state index in [1.165, 1.54) is 11.3 Å². The number of hydrogen-bond acceptors (Lipinski definition) is 4. The minimum atomic E-state index is -0.337. The van der Waals surface area contributed by atoms with Crippen molar-refractivity contribution in [2.75, 3.05) is 0 Å². The number of alkyl halides is 1. The van der Waals surface area contributed by atoms with E-state index in [1.54, 1.807) is 16.1 Å². The van der Waals surface area contributed by atoms with Gasteiger partial charge in [0.05, 0.1) is 34.0 Å². The molecule has 1 atom stereocenters. The number of rotatable bonds is 3. The molecular weight excluding hydrogens is 306 g/mol. The van der Waals surface area contributed by atoms with Crippen LogP contribution in [-0.4, -0.2) is 14.5 Å². The summed E-state index contributed by atoms with van der Waals surface area (Å²) in [7, 11) is 0. The number of halogens is 1. The predicted molar refractivity (Wildman–Crippen MR) is 86.2 cm³/mol. The third kappa shape index (κ3) is 2.59. The summed E-state index contributed by atoms with van der Waals surface area (Å²) in [5.74, 6) is 0.591. The van der Waals surface area contributed by atoms with Crippen LogP contribution in [0.15, 0.2) is 34.6 Å². The van der Waals surface area contributed by atoms with Crippen LogP contribution in [0.3, 0.4) is 0 Å². The van der Waals surface area contributed by atoms with Crippen LogP contribution in [0.1, 0.15) is 28.7 Å². The van der Waals surface area contributed by atoms with Crippen molar-refractivity contribution in [1.82, 2.24) is 14.5 Å². The summed E-state index contributed by atoms with van der Waals surface area (Å²) < 4.78 is 1.65. The van der Waals surface area contributed by atoms with Gasteiger partial charge < -0.3 is 0 Å². The standard InChI is InChI=1S/C15H14ClN3OS/c1-9(16)14-18-12-6-4-3-5-11(12)15(20)19(14)7-13-10(2)17-8-21-13/h3-6,8-9H,7H2,1-2H3. The molecule has 0 amide bonds. The second-order valence-electron chi connectivity index (χ2n) is 4.86. The fourth-order valence-electron chi connectivity index (χ4n) is 2.26. The van der Waals surface area contributed by atoms with E-state index in [-0.39, 0.29) is 10.9 Å². The highest BCUT2D eigenvalue weighted by Crippen LogP contribution is 2.21. The molecule has 108 valence electrons. The maximum Gasteiger partial charge on any atom is 0.261 e. The Kier molecular flexibility index (Phi) is 3.78. The van der Waals surface area contributed by atoms with Gasteiger partial charge in [-0.3, -0.25) is 9.36 Å². The topological polar surface area (TPSA) is 47.8 Å². The molecule has 0 aliphatic rings. The van der Waals surface area contributed by atoms with E-state index in [0.717, 1.165) is 10.6 Å². The highest BCUT2D eigenvalue weighted by molar-refractivity contribution is 7.09. The molecule has 3 rings (SSSR count). The lowest BCUT2D eigenvalue weighted by atomic mass is 10.2. The number of fused-ring (bicyclic) bond motifs is 1. The zero-order chi connectivity index (χ0) is 15.0. The smallest absolute Gasteiger partial charge is 0.261 e. The Morgan fingerprint density at radius 1 is 1.38 bits per heavy atom. The first-order chi connectivity index (χ1) is 10.1. The molecule has 1 unspecified atom stereocenters. The van der Waals surface area contributed by atoms with Crippen molar-refractivity contribution in [2.24, 2.45) is 0 Å². The molecule has 6 heteroatoms. The second-order valence-corrected chi connectivity index (χ2v) is 6.45. The van der Waals surface area contributed by atoms with E-state index < -0.39 is 0 Å². The molecule has 0 fully saturated rings. The second kappa shape index (κ2) is 5.58. The molecule has 0 N–H and O–H groups in total. The molecule has 3 aromatic rings. The Morgan fingerprint density at radius 2 is 2.14 bits per heavy atom. The summed E-state index contributed by atoms with van der Waals surface area (Å²) in [6, 6.07) is 7.35. The van der Waals surface area contributed by atoms with Crippen molar-refractivity contribution in [3.8, 4) is 0 Å². The SMILES string of the molecule is Cc1ncsc1Cn1c(C(C)Cl)nc2ccccc2c1=O. The lowest BCUT2D eigenvalue weighted by molar-refractivity contribution is 0.681. The molecule has 0 bridgehead atoms. The van der Waals surface area contributed by atoms with E-state index >= 15 is 0 Å². The van der Waals surface area contributed by atoms with Crippen molar-refractivity contribution >= 4 is 33.8 Å². The van der Waals surface area contributed by atoms with Crippen LogP contribution in [0.5, 0.6) is 0 Å². The van der Waals surface area contributed by atoms with Gasteiger partial charge in [0.2, 0.25) is 0 Å². The maximum absolute atomic E-state index is 12.7. The number of aryl methyl sites for hydroxylation is 1. The van der Waals surface area contributed by atoms with Crippen molar-refractivity contribution in [3.05, 3.63) is 56.5 Å². The van der Waals surface area contributed by atoms with Crippen molar-refractivity contribution < 1.29 is 0 Å². The number of para-hydroxylation sites is 1. The molecule has 0 saturated carbocycles. The molecule has 2 aromatic heterocycles. The van der Waals surface area contributed by atoms with Crippen LogP contribution in [0.4, 0.5) is 0 Å². The van der Waals surface area contributed by atoms with Crippen LogP contribution in [0.25, 0.3) is 10.9 Å². The summed E-state index contributed by atoms with van der Waals surface area (Å²) in [5.41, 5.74) is 3.35. The Balaban J connectivity index is 2.24. The number of benzene rings is 1. The molecule has 21 heavy (non-hydrogen) atoms. The van der Waals surface area contributed by atoms with E-state index in [1.807, 2.05) is 32.0 Å². The van der Waals surface area contributed by atoms with Gasteiger partial charge in [0, 0.05) is 4.88 Å². The maximum atomic E-state index is 12.7. The summed E-state index contributed by atoms with van der Waals surface area (Å²) in [4.78, 5) is 22.6. The van der Waals surface area contributed by atoms with Gasteiger partial charge in [0.25, 0.3) is 5.56 Å². The van der Waals surface area contributed by atoms with Gasteiger partial charge in [0.15, 0.2) is 0 Å². The van der Waals surface area contributed by atoms with Crippen LogP contribution < -0.4 is 5.56 Å². The molecule has 0 aliphatic carbocycles. The van der Waals surface area contributed by atoms with Gasteiger partial charge in [-0.15, -0.1) is 22.9 Å². The fourth-order valence-corrected chi connectivity index (χ4v) is 3.19. The van der Waals surface area contributed by atoms with E-state index in [4.69, 9.17) is 11.6 Å². The van der Waals surface area contributed by atoms with Gasteiger partial charge in [-0.2, -0.15) is 0 Å². The first-order valence-corrected chi connectivity index (χ1v) is 7.92. The fraction of sp³-hybridized carbons (Fsp3) is 0.267. The lowest BCUT2D eigenvalue weighted by Gasteiger charge is -2.14. The minimum Gasteiger partial charge on any atom is -0.289 e. The number of thiazole rings is 1. The monoisotopic (exact) mass is 319 g/mol. The van der Waals surface area contributed by atoms with Gasteiger partial charge in [0.1, 0.15) is 5.82 Å². The molecule has 2 heterocycles. The molecule has 0 saturated heterocycles. The van der Waals surface area contributed by atoms with Gasteiger partial charge in [-0.05, 0) is 26.0 Å². The first kappa shape index (κ1) is 14.2. The number of hydrogen-bond donors (Lipinski definition) is 0. The van der Waals surface area contributed by atoms with Crippen molar-refractivity contribution in [1.29, 1.82) is 0 Å². The van der Waals surface area contributed by atoms with Crippen molar-refractivity contribution in [2.45, 2.75) is 25.8 Å². The molecular formula is C15H14ClN3OS. The van der Waals surface area contributed by atoms with Crippen LogP contribution in [-0.2, 0) is 6.54 Å². The molecule has 0 radical (unpaired) electrons. The third-order valence-corrected chi connectivity index (χ3v) is 4.51. The average Bonchev–Trinajstić information content (AvgIpc) is 2.87. The lowest BCUT2D eigenvalue weighted by Crippen LogP contribution is -2.26. The molecule has 0 aliphatic heterocycles. The highest BCUT2D eigenvalue weighted by atomic mass is 35.5. The minimum absolute atomic E-state index is 0.0594. The largest absolute Gasteiger partial charge is 0.289 e. The Labute approximate surface area is 131 Å². The van der Waals surface area contributed by atoms with Crippen LogP contribution >= 0.6 is 22.9 Å². The normalized spacial score (nSPS) is 12.7. The molecule has 1 aromatic carbocycles. The van der Waals surface area contributed by atoms with Crippen LogP contribution in [0, 0.1) is 6.92 Å². The molecule has 0 spiro atoms. The highest BCUT2D eigenvalue weighted by Gasteiger charge is 2.16. The zero-order valence-corrected chi connectivity index (χ0v) is 13.3. The quantitative estimate of drug-likeness (QED) is 0.694. The van der Waals surface area contributed by atoms with Gasteiger partial charge in [-0.1, -0.05) is 12.1 Å². The summed E-state index contributed by atoms with van der Waals surface area (Å²) in [6.07, 6.45) is 0. The first-order valence-electron chi connectivity index (χ1n) is 6.60. The average molecular weight is 320 g/mol. The summed E-state index contributed by atoms with van der Waals surface area (Å²) >= 11 is 7.76. The summed E-state index contributed by atoms with van der Waals surface area (Å²) in [6.45, 7) is 4.23. The number of nitrogens with zero attached hydrogens (tertiary/aromatic N) is 3. The van der Waals surface area contributed by atoms with E-state index in [9.17, 15) is 4.79 Å².